The molecular weight excluding hydrogens is 268 g/mol. The SMILES string of the molecule is Cn1ccn2c(cc3ccc(Br)cc32)c1=O. The lowest BCUT2D eigenvalue weighted by molar-refractivity contribution is 0.850. The molecule has 0 spiro atoms. The molecule has 0 amide bonds. The van der Waals surface area contributed by atoms with Gasteiger partial charge >= 0.3 is 0 Å². The molecule has 0 atom stereocenters. The zero-order chi connectivity index (χ0) is 11.3. The minimum Gasteiger partial charge on any atom is -0.315 e. The van der Waals surface area contributed by atoms with Gasteiger partial charge in [0.25, 0.3) is 5.56 Å². The second-order valence-corrected chi connectivity index (χ2v) is 4.73. The van der Waals surface area contributed by atoms with Crippen LogP contribution in [-0.4, -0.2) is 8.97 Å². The Morgan fingerprint density at radius 2 is 1.94 bits per heavy atom. The maximum Gasteiger partial charge on any atom is 0.274 e. The molecule has 16 heavy (non-hydrogen) atoms. The highest BCUT2D eigenvalue weighted by Gasteiger charge is 2.06. The van der Waals surface area contributed by atoms with E-state index in [0.29, 0.717) is 5.52 Å². The quantitative estimate of drug-likeness (QED) is 0.620. The van der Waals surface area contributed by atoms with Crippen LogP contribution in [0, 0.1) is 0 Å². The van der Waals surface area contributed by atoms with E-state index in [1.54, 1.807) is 17.8 Å². The molecule has 0 saturated heterocycles. The Morgan fingerprint density at radius 1 is 1.12 bits per heavy atom. The predicted octanol–water partition coefficient (Wildman–Crippen LogP) is 2.55. The molecule has 3 aromatic rings. The Bertz CT molecular complexity index is 755. The fraction of sp³-hybridized carbons (Fsp3) is 0.0833. The summed E-state index contributed by atoms with van der Waals surface area (Å²) in [4.78, 5) is 11.9. The normalized spacial score (nSPS) is 11.4. The van der Waals surface area contributed by atoms with E-state index in [1.165, 1.54) is 0 Å². The number of fused-ring (bicyclic) bond motifs is 3. The molecule has 2 aromatic heterocycles. The summed E-state index contributed by atoms with van der Waals surface area (Å²) >= 11 is 3.44. The number of halogens is 1. The van der Waals surface area contributed by atoms with Crippen LogP contribution in [0.4, 0.5) is 0 Å². The molecule has 3 nitrogen and oxygen atoms in total. The van der Waals surface area contributed by atoms with E-state index in [1.807, 2.05) is 34.9 Å². The number of hydrogen-bond acceptors (Lipinski definition) is 1. The number of rotatable bonds is 0. The standard InChI is InChI=1S/C12H9BrN2O/c1-14-4-5-15-10-7-9(13)3-2-8(10)6-11(15)12(14)16/h2-7H,1H3. The summed E-state index contributed by atoms with van der Waals surface area (Å²) in [6, 6.07) is 7.92. The van der Waals surface area contributed by atoms with Crippen molar-refractivity contribution in [2.45, 2.75) is 0 Å². The van der Waals surface area contributed by atoms with Crippen LogP contribution in [-0.2, 0) is 7.05 Å². The smallest absolute Gasteiger partial charge is 0.274 e. The lowest BCUT2D eigenvalue weighted by atomic mass is 10.2. The highest BCUT2D eigenvalue weighted by atomic mass is 79.9. The van der Waals surface area contributed by atoms with Gasteiger partial charge in [-0.3, -0.25) is 4.79 Å². The first-order valence-corrected chi connectivity index (χ1v) is 5.72. The van der Waals surface area contributed by atoms with E-state index in [2.05, 4.69) is 15.9 Å². The molecule has 0 aliphatic heterocycles. The van der Waals surface area contributed by atoms with E-state index in [0.717, 1.165) is 15.4 Å². The molecule has 2 heterocycles. The van der Waals surface area contributed by atoms with Gasteiger partial charge in [-0.05, 0) is 18.2 Å². The van der Waals surface area contributed by atoms with Crippen molar-refractivity contribution in [2.24, 2.45) is 7.05 Å². The lowest BCUT2D eigenvalue weighted by Crippen LogP contribution is -2.17. The summed E-state index contributed by atoms with van der Waals surface area (Å²) in [7, 11) is 1.76. The van der Waals surface area contributed by atoms with Crippen LogP contribution in [0.15, 0.2) is 45.9 Å². The minimum atomic E-state index is 0.0230. The Kier molecular flexibility index (Phi) is 1.94. The van der Waals surface area contributed by atoms with Crippen LogP contribution in [0.5, 0.6) is 0 Å². The molecule has 0 saturated carbocycles. The van der Waals surface area contributed by atoms with Gasteiger partial charge in [0, 0.05) is 29.3 Å². The van der Waals surface area contributed by atoms with Crippen molar-refractivity contribution in [3.8, 4) is 0 Å². The third-order valence-corrected chi connectivity index (χ3v) is 3.28. The van der Waals surface area contributed by atoms with Crippen LogP contribution in [0.1, 0.15) is 0 Å². The fourth-order valence-corrected chi connectivity index (χ4v) is 2.28. The zero-order valence-corrected chi connectivity index (χ0v) is 10.2. The van der Waals surface area contributed by atoms with Crippen LogP contribution in [0.25, 0.3) is 16.4 Å². The highest BCUT2D eigenvalue weighted by molar-refractivity contribution is 9.10. The van der Waals surface area contributed by atoms with Gasteiger partial charge in [0.1, 0.15) is 5.52 Å². The van der Waals surface area contributed by atoms with Crippen molar-refractivity contribution in [1.82, 2.24) is 8.97 Å². The summed E-state index contributed by atoms with van der Waals surface area (Å²) in [5, 5.41) is 1.08. The van der Waals surface area contributed by atoms with Gasteiger partial charge in [0.15, 0.2) is 0 Å². The van der Waals surface area contributed by atoms with Crippen molar-refractivity contribution in [2.75, 3.05) is 0 Å². The maximum absolute atomic E-state index is 11.9. The molecule has 0 fully saturated rings. The van der Waals surface area contributed by atoms with Gasteiger partial charge in [-0.15, -0.1) is 0 Å². The summed E-state index contributed by atoms with van der Waals surface area (Å²) in [5.41, 5.74) is 1.77. The molecule has 0 radical (unpaired) electrons. The van der Waals surface area contributed by atoms with Crippen LogP contribution < -0.4 is 5.56 Å². The van der Waals surface area contributed by atoms with Crippen LogP contribution in [0.3, 0.4) is 0 Å². The van der Waals surface area contributed by atoms with Gasteiger partial charge in [-0.25, -0.2) is 0 Å². The first-order valence-electron chi connectivity index (χ1n) is 4.93. The average molecular weight is 277 g/mol. The second-order valence-electron chi connectivity index (χ2n) is 3.82. The van der Waals surface area contributed by atoms with Crippen molar-refractivity contribution in [3.63, 3.8) is 0 Å². The molecule has 4 heteroatoms. The fourth-order valence-electron chi connectivity index (χ4n) is 1.93. The van der Waals surface area contributed by atoms with Gasteiger partial charge in [0.2, 0.25) is 0 Å². The molecule has 0 bridgehead atoms. The second kappa shape index (κ2) is 3.22. The molecule has 1 aromatic carbocycles. The van der Waals surface area contributed by atoms with Crippen LogP contribution >= 0.6 is 15.9 Å². The third kappa shape index (κ3) is 1.23. The summed E-state index contributed by atoms with van der Waals surface area (Å²) in [5.74, 6) is 0. The summed E-state index contributed by atoms with van der Waals surface area (Å²) < 4.78 is 4.52. The van der Waals surface area contributed by atoms with Gasteiger partial charge < -0.3 is 8.97 Å². The Balaban J connectivity index is 2.61. The number of nitrogens with zero attached hydrogens (tertiary/aromatic N) is 2. The van der Waals surface area contributed by atoms with Crippen molar-refractivity contribution >= 4 is 32.3 Å². The average Bonchev–Trinajstić information content (AvgIpc) is 2.62. The van der Waals surface area contributed by atoms with Crippen molar-refractivity contribution in [3.05, 3.63) is 51.5 Å². The van der Waals surface area contributed by atoms with E-state index < -0.39 is 0 Å². The molecule has 80 valence electrons. The monoisotopic (exact) mass is 276 g/mol. The van der Waals surface area contributed by atoms with E-state index in [-0.39, 0.29) is 5.56 Å². The minimum absolute atomic E-state index is 0.0230. The lowest BCUT2D eigenvalue weighted by Gasteiger charge is -1.99. The third-order valence-electron chi connectivity index (χ3n) is 2.78. The van der Waals surface area contributed by atoms with E-state index in [4.69, 9.17) is 0 Å². The molecule has 0 unspecified atom stereocenters. The Morgan fingerprint density at radius 3 is 2.75 bits per heavy atom. The number of benzene rings is 1. The summed E-state index contributed by atoms with van der Waals surface area (Å²) in [6.45, 7) is 0. The number of aromatic nitrogens is 2. The van der Waals surface area contributed by atoms with Crippen molar-refractivity contribution < 1.29 is 0 Å². The molecule has 0 aliphatic rings. The Hall–Kier alpha value is -1.55. The van der Waals surface area contributed by atoms with E-state index in [9.17, 15) is 4.79 Å². The largest absolute Gasteiger partial charge is 0.315 e. The first kappa shape index (κ1) is 9.66. The topological polar surface area (TPSA) is 26.4 Å². The molecule has 0 aliphatic carbocycles. The zero-order valence-electron chi connectivity index (χ0n) is 8.64. The van der Waals surface area contributed by atoms with Gasteiger partial charge in [0.05, 0.1) is 5.52 Å². The van der Waals surface area contributed by atoms with E-state index >= 15 is 0 Å². The predicted molar refractivity (Wildman–Crippen MR) is 67.8 cm³/mol. The summed E-state index contributed by atoms with van der Waals surface area (Å²) in [6.07, 6.45) is 3.68. The Labute approximate surface area is 100 Å². The van der Waals surface area contributed by atoms with Gasteiger partial charge in [-0.2, -0.15) is 0 Å². The molecule has 0 N–H and O–H groups in total. The first-order chi connectivity index (χ1) is 7.66. The molecular formula is C12H9BrN2O. The highest BCUT2D eigenvalue weighted by Crippen LogP contribution is 2.22. The molecule has 3 rings (SSSR count). The van der Waals surface area contributed by atoms with Crippen molar-refractivity contribution in [1.29, 1.82) is 0 Å². The maximum atomic E-state index is 11.9. The van der Waals surface area contributed by atoms with Crippen LogP contribution in [0.2, 0.25) is 0 Å². The number of aryl methyl sites for hydroxylation is 1. The van der Waals surface area contributed by atoms with Gasteiger partial charge in [-0.1, -0.05) is 22.0 Å². The number of hydrogen-bond donors (Lipinski definition) is 0.